The Hall–Kier alpha value is -0.990. The first-order valence-corrected chi connectivity index (χ1v) is 5.41. The fourth-order valence-electron chi connectivity index (χ4n) is 1.53. The number of rotatable bonds is 2. The van der Waals surface area contributed by atoms with Crippen LogP contribution in [-0.4, -0.2) is 6.04 Å². The lowest BCUT2D eigenvalue weighted by atomic mass is 10.0. The largest absolute Gasteiger partial charge is 0.459 e. The summed E-state index contributed by atoms with van der Waals surface area (Å²) in [6, 6.07) is 7.82. The van der Waals surface area contributed by atoms with Gasteiger partial charge >= 0.3 is 0 Å². The highest BCUT2D eigenvalue weighted by atomic mass is 35.5. The van der Waals surface area contributed by atoms with Gasteiger partial charge in [-0.15, -0.1) is 0 Å². The Morgan fingerprint density at radius 2 is 2.07 bits per heavy atom. The van der Waals surface area contributed by atoms with Crippen LogP contribution in [0.15, 0.2) is 28.7 Å². The summed E-state index contributed by atoms with van der Waals surface area (Å²) in [6.07, 6.45) is 0. The van der Waals surface area contributed by atoms with E-state index in [0.717, 1.165) is 16.7 Å². The molecule has 0 amide bonds. The molecule has 0 spiro atoms. The first-order valence-electron chi connectivity index (χ1n) is 5.03. The Kier molecular flexibility index (Phi) is 2.72. The van der Waals surface area contributed by atoms with E-state index in [1.54, 1.807) is 0 Å². The Balaban J connectivity index is 2.52. The normalized spacial score (nSPS) is 15.5. The van der Waals surface area contributed by atoms with Crippen molar-refractivity contribution < 1.29 is 4.42 Å². The number of furan rings is 1. The lowest BCUT2D eigenvalue weighted by Gasteiger charge is -2.11. The summed E-state index contributed by atoms with van der Waals surface area (Å²) in [6.45, 7) is 4.02. The quantitative estimate of drug-likeness (QED) is 0.846. The van der Waals surface area contributed by atoms with Gasteiger partial charge in [-0.1, -0.05) is 30.7 Å². The summed E-state index contributed by atoms with van der Waals surface area (Å²) >= 11 is 6.03. The molecule has 1 heterocycles. The minimum Gasteiger partial charge on any atom is -0.459 e. The van der Waals surface area contributed by atoms with Gasteiger partial charge in [0.1, 0.15) is 5.76 Å². The lowest BCUT2D eigenvalue weighted by molar-refractivity contribution is 0.469. The van der Waals surface area contributed by atoms with E-state index in [9.17, 15) is 0 Å². The number of halogens is 1. The average Bonchev–Trinajstić information content (AvgIpc) is 2.61. The van der Waals surface area contributed by atoms with Crippen LogP contribution in [0.2, 0.25) is 5.02 Å². The van der Waals surface area contributed by atoms with E-state index in [2.05, 4.69) is 6.92 Å². The summed E-state index contributed by atoms with van der Waals surface area (Å²) < 4.78 is 5.71. The minimum absolute atomic E-state index is 0.0735. The topological polar surface area (TPSA) is 39.2 Å². The van der Waals surface area contributed by atoms with E-state index >= 15 is 0 Å². The SMILES string of the molecule is CC(N)C(C)c1cc2cccc(Cl)c2o1. The summed E-state index contributed by atoms with van der Waals surface area (Å²) in [5.74, 6) is 1.10. The van der Waals surface area contributed by atoms with E-state index < -0.39 is 0 Å². The van der Waals surface area contributed by atoms with Crippen molar-refractivity contribution in [1.82, 2.24) is 0 Å². The van der Waals surface area contributed by atoms with Gasteiger partial charge in [0.25, 0.3) is 0 Å². The van der Waals surface area contributed by atoms with Gasteiger partial charge in [-0.25, -0.2) is 0 Å². The van der Waals surface area contributed by atoms with E-state index in [-0.39, 0.29) is 12.0 Å². The summed E-state index contributed by atoms with van der Waals surface area (Å²) in [5, 5.41) is 1.68. The molecule has 2 unspecified atom stereocenters. The van der Waals surface area contributed by atoms with Crippen LogP contribution < -0.4 is 5.73 Å². The van der Waals surface area contributed by atoms with E-state index in [1.807, 2.05) is 31.2 Å². The van der Waals surface area contributed by atoms with Gasteiger partial charge < -0.3 is 10.2 Å². The maximum atomic E-state index is 6.03. The van der Waals surface area contributed by atoms with Crippen molar-refractivity contribution in [2.24, 2.45) is 5.73 Å². The van der Waals surface area contributed by atoms with Crippen LogP contribution in [0.4, 0.5) is 0 Å². The van der Waals surface area contributed by atoms with Crippen LogP contribution in [-0.2, 0) is 0 Å². The zero-order valence-electron chi connectivity index (χ0n) is 8.83. The summed E-state index contributed by atoms with van der Waals surface area (Å²) in [7, 11) is 0. The Labute approximate surface area is 94.0 Å². The second-order valence-corrected chi connectivity index (χ2v) is 4.36. The number of nitrogens with two attached hydrogens (primary N) is 1. The van der Waals surface area contributed by atoms with Gasteiger partial charge in [0.15, 0.2) is 5.58 Å². The van der Waals surface area contributed by atoms with Crippen molar-refractivity contribution in [2.45, 2.75) is 25.8 Å². The number of benzene rings is 1. The van der Waals surface area contributed by atoms with E-state index in [1.165, 1.54) is 0 Å². The highest BCUT2D eigenvalue weighted by Crippen LogP contribution is 2.30. The maximum absolute atomic E-state index is 6.03. The van der Waals surface area contributed by atoms with Crippen molar-refractivity contribution >= 4 is 22.6 Å². The van der Waals surface area contributed by atoms with Crippen LogP contribution >= 0.6 is 11.6 Å². The standard InChI is InChI=1S/C12H14ClNO/c1-7(8(2)14)11-6-9-4-3-5-10(13)12(9)15-11/h3-8H,14H2,1-2H3. The summed E-state index contributed by atoms with van der Waals surface area (Å²) in [4.78, 5) is 0. The molecule has 0 saturated carbocycles. The third kappa shape index (κ3) is 1.87. The van der Waals surface area contributed by atoms with Gasteiger partial charge in [-0.05, 0) is 19.1 Å². The Bertz CT molecular complexity index is 475. The number of fused-ring (bicyclic) bond motifs is 1. The van der Waals surface area contributed by atoms with Crippen LogP contribution in [0.5, 0.6) is 0 Å². The molecule has 0 aliphatic carbocycles. The molecule has 0 bridgehead atoms. The molecule has 0 aliphatic heterocycles. The van der Waals surface area contributed by atoms with Crippen LogP contribution in [0, 0.1) is 0 Å². The number of hydrogen-bond donors (Lipinski definition) is 1. The van der Waals surface area contributed by atoms with Crippen molar-refractivity contribution in [3.05, 3.63) is 35.0 Å². The molecule has 2 nitrogen and oxygen atoms in total. The lowest BCUT2D eigenvalue weighted by Crippen LogP contribution is -2.21. The van der Waals surface area contributed by atoms with Crippen molar-refractivity contribution in [1.29, 1.82) is 0 Å². The van der Waals surface area contributed by atoms with Gasteiger partial charge in [0, 0.05) is 17.3 Å². The molecule has 0 radical (unpaired) electrons. The smallest absolute Gasteiger partial charge is 0.152 e. The third-order valence-corrected chi connectivity index (χ3v) is 3.05. The van der Waals surface area contributed by atoms with E-state index in [4.69, 9.17) is 21.8 Å². The molecule has 2 aromatic rings. The second-order valence-electron chi connectivity index (χ2n) is 3.95. The third-order valence-electron chi connectivity index (χ3n) is 2.75. The molecule has 1 aromatic heterocycles. The van der Waals surface area contributed by atoms with Crippen LogP contribution in [0.3, 0.4) is 0 Å². The van der Waals surface area contributed by atoms with Gasteiger partial charge in [0.05, 0.1) is 5.02 Å². The molecule has 0 saturated heterocycles. The molecular weight excluding hydrogens is 210 g/mol. The Morgan fingerprint density at radius 1 is 1.33 bits per heavy atom. The molecule has 1 aromatic carbocycles. The van der Waals surface area contributed by atoms with Gasteiger partial charge in [-0.3, -0.25) is 0 Å². The molecule has 15 heavy (non-hydrogen) atoms. The second kappa shape index (κ2) is 3.87. The number of para-hydroxylation sites is 1. The molecule has 2 atom stereocenters. The fraction of sp³-hybridized carbons (Fsp3) is 0.333. The highest BCUT2D eigenvalue weighted by molar-refractivity contribution is 6.34. The molecule has 3 heteroatoms. The molecule has 0 aliphatic rings. The monoisotopic (exact) mass is 223 g/mol. The maximum Gasteiger partial charge on any atom is 0.152 e. The highest BCUT2D eigenvalue weighted by Gasteiger charge is 2.16. The zero-order valence-corrected chi connectivity index (χ0v) is 9.58. The predicted molar refractivity (Wildman–Crippen MR) is 63.3 cm³/mol. The average molecular weight is 224 g/mol. The zero-order chi connectivity index (χ0) is 11.0. The van der Waals surface area contributed by atoms with Crippen molar-refractivity contribution in [2.75, 3.05) is 0 Å². The van der Waals surface area contributed by atoms with Crippen molar-refractivity contribution in [3.63, 3.8) is 0 Å². The predicted octanol–water partition coefficient (Wildman–Crippen LogP) is 3.54. The number of hydrogen-bond acceptors (Lipinski definition) is 2. The first-order chi connectivity index (χ1) is 7.09. The van der Waals surface area contributed by atoms with Crippen LogP contribution in [0.25, 0.3) is 11.0 Å². The molecule has 2 rings (SSSR count). The molecule has 2 N–H and O–H groups in total. The van der Waals surface area contributed by atoms with Crippen LogP contribution in [0.1, 0.15) is 25.5 Å². The molecule has 80 valence electrons. The molecule has 0 fully saturated rings. The summed E-state index contributed by atoms with van der Waals surface area (Å²) in [5.41, 5.74) is 6.59. The van der Waals surface area contributed by atoms with Gasteiger partial charge in [-0.2, -0.15) is 0 Å². The minimum atomic E-state index is 0.0735. The molecular formula is C12H14ClNO. The van der Waals surface area contributed by atoms with Gasteiger partial charge in [0.2, 0.25) is 0 Å². The van der Waals surface area contributed by atoms with E-state index in [0.29, 0.717) is 5.02 Å². The fourth-order valence-corrected chi connectivity index (χ4v) is 1.75. The van der Waals surface area contributed by atoms with Crippen molar-refractivity contribution in [3.8, 4) is 0 Å². The Morgan fingerprint density at radius 3 is 2.67 bits per heavy atom. The first kappa shape index (κ1) is 10.5.